The van der Waals surface area contributed by atoms with Crippen molar-refractivity contribution < 1.29 is 14.3 Å². The van der Waals surface area contributed by atoms with E-state index in [0.29, 0.717) is 39.5 Å². The summed E-state index contributed by atoms with van der Waals surface area (Å²) in [4.78, 5) is 16.6. The Morgan fingerprint density at radius 2 is 2.05 bits per heavy atom. The molecule has 0 unspecified atom stereocenters. The maximum absolute atomic E-state index is 12.4. The van der Waals surface area contributed by atoms with Crippen LogP contribution >= 0.6 is 0 Å². The molecular weight excluding hydrogens is 258 g/mol. The van der Waals surface area contributed by atoms with Crippen LogP contribution in [0.25, 0.3) is 0 Å². The first-order valence-electron chi connectivity index (χ1n) is 7.70. The lowest BCUT2D eigenvalue weighted by atomic mass is 10.0. The van der Waals surface area contributed by atoms with Gasteiger partial charge in [0, 0.05) is 19.6 Å². The normalized spacial score (nSPS) is 32.5. The first-order chi connectivity index (χ1) is 9.77. The number of ether oxygens (including phenoxy) is 2. The first kappa shape index (κ1) is 14.3. The van der Waals surface area contributed by atoms with Crippen molar-refractivity contribution in [3.63, 3.8) is 0 Å². The molecule has 3 rings (SSSR count). The molecule has 3 aliphatic heterocycles. The third kappa shape index (κ3) is 3.31. The van der Waals surface area contributed by atoms with Crippen LogP contribution in [-0.4, -0.2) is 86.9 Å². The summed E-state index contributed by atoms with van der Waals surface area (Å²) in [7, 11) is 0. The lowest BCUT2D eigenvalue weighted by molar-refractivity contribution is -0.158. The van der Waals surface area contributed by atoms with Crippen LogP contribution in [0.3, 0.4) is 0 Å². The van der Waals surface area contributed by atoms with Gasteiger partial charge in [0.1, 0.15) is 5.60 Å². The minimum Gasteiger partial charge on any atom is -0.377 e. The Kier molecular flexibility index (Phi) is 4.55. The number of rotatable bonds is 2. The van der Waals surface area contributed by atoms with Crippen molar-refractivity contribution >= 4 is 5.91 Å². The Balaban J connectivity index is 1.57. The molecular formula is C14H25N3O3. The molecule has 0 aliphatic carbocycles. The van der Waals surface area contributed by atoms with Gasteiger partial charge in [-0.25, -0.2) is 0 Å². The maximum Gasteiger partial charge on any atom is 0.236 e. The highest BCUT2D eigenvalue weighted by Crippen LogP contribution is 2.20. The predicted octanol–water partition coefficient (Wildman–Crippen LogP) is -0.700. The molecule has 1 atom stereocenters. The third-order valence-electron chi connectivity index (χ3n) is 4.39. The lowest BCUT2D eigenvalue weighted by Gasteiger charge is -2.42. The molecule has 3 heterocycles. The lowest BCUT2D eigenvalue weighted by Crippen LogP contribution is -2.60. The van der Waals surface area contributed by atoms with E-state index in [4.69, 9.17) is 9.47 Å². The minimum absolute atomic E-state index is 0.235. The molecule has 1 N–H and O–H groups in total. The van der Waals surface area contributed by atoms with Crippen molar-refractivity contribution in [2.45, 2.75) is 18.4 Å². The van der Waals surface area contributed by atoms with Gasteiger partial charge < -0.3 is 19.7 Å². The molecule has 0 aromatic carbocycles. The van der Waals surface area contributed by atoms with E-state index in [1.807, 2.05) is 4.90 Å². The van der Waals surface area contributed by atoms with Crippen LogP contribution in [0, 0.1) is 0 Å². The molecule has 1 amide bonds. The molecule has 0 radical (unpaired) electrons. The summed E-state index contributed by atoms with van der Waals surface area (Å²) in [5.74, 6) is 0.235. The fourth-order valence-electron chi connectivity index (χ4n) is 3.25. The summed E-state index contributed by atoms with van der Waals surface area (Å²) in [6.07, 6.45) is 2.44. The minimum atomic E-state index is -0.352. The van der Waals surface area contributed by atoms with E-state index in [-0.39, 0.29) is 11.5 Å². The Morgan fingerprint density at radius 1 is 1.20 bits per heavy atom. The Labute approximate surface area is 120 Å². The van der Waals surface area contributed by atoms with E-state index in [2.05, 4.69) is 10.2 Å². The molecule has 1 spiro atoms. The van der Waals surface area contributed by atoms with Gasteiger partial charge in [-0.15, -0.1) is 0 Å². The van der Waals surface area contributed by atoms with Crippen molar-refractivity contribution in [1.82, 2.24) is 15.1 Å². The largest absolute Gasteiger partial charge is 0.377 e. The second-order valence-corrected chi connectivity index (χ2v) is 6.06. The number of nitrogens with one attached hydrogen (secondary N) is 1. The Bertz CT molecular complexity index is 337. The van der Waals surface area contributed by atoms with Crippen molar-refractivity contribution in [2.24, 2.45) is 0 Å². The van der Waals surface area contributed by atoms with Crippen LogP contribution in [0.1, 0.15) is 12.8 Å². The fourth-order valence-corrected chi connectivity index (χ4v) is 3.25. The molecule has 0 aromatic heterocycles. The second-order valence-electron chi connectivity index (χ2n) is 6.06. The SMILES string of the molecule is O=C(CN1CCCC1)N1CCO[C@]2(CNCCOC2)C1. The quantitative estimate of drug-likeness (QED) is 0.726. The highest BCUT2D eigenvalue weighted by molar-refractivity contribution is 5.78. The average molecular weight is 283 g/mol. The molecule has 114 valence electrons. The van der Waals surface area contributed by atoms with Gasteiger partial charge in [-0.05, 0) is 25.9 Å². The van der Waals surface area contributed by atoms with Gasteiger partial charge in [-0.3, -0.25) is 9.69 Å². The van der Waals surface area contributed by atoms with E-state index in [1.165, 1.54) is 12.8 Å². The van der Waals surface area contributed by atoms with Crippen LogP contribution in [0.4, 0.5) is 0 Å². The molecule has 6 heteroatoms. The van der Waals surface area contributed by atoms with Crippen molar-refractivity contribution in [3.8, 4) is 0 Å². The Morgan fingerprint density at radius 3 is 2.90 bits per heavy atom. The molecule has 3 saturated heterocycles. The number of carbonyl (C=O) groups is 1. The number of carbonyl (C=O) groups excluding carboxylic acids is 1. The third-order valence-corrected chi connectivity index (χ3v) is 4.39. The van der Waals surface area contributed by atoms with Crippen LogP contribution in [0.5, 0.6) is 0 Å². The summed E-state index contributed by atoms with van der Waals surface area (Å²) in [6.45, 7) is 7.55. The second kappa shape index (κ2) is 6.39. The van der Waals surface area contributed by atoms with E-state index < -0.39 is 0 Å². The van der Waals surface area contributed by atoms with Crippen LogP contribution in [0.2, 0.25) is 0 Å². The van der Waals surface area contributed by atoms with Crippen LogP contribution in [-0.2, 0) is 14.3 Å². The average Bonchev–Trinajstić information content (AvgIpc) is 2.86. The molecule has 0 bridgehead atoms. The highest BCUT2D eigenvalue weighted by Gasteiger charge is 2.39. The first-order valence-corrected chi connectivity index (χ1v) is 7.70. The summed E-state index contributed by atoms with van der Waals surface area (Å²) in [5, 5.41) is 3.34. The summed E-state index contributed by atoms with van der Waals surface area (Å²) in [5.41, 5.74) is -0.352. The van der Waals surface area contributed by atoms with E-state index in [9.17, 15) is 4.79 Å². The van der Waals surface area contributed by atoms with Gasteiger partial charge in [0.25, 0.3) is 0 Å². The molecule has 20 heavy (non-hydrogen) atoms. The molecule has 0 saturated carbocycles. The summed E-state index contributed by atoms with van der Waals surface area (Å²) >= 11 is 0. The van der Waals surface area contributed by atoms with Crippen molar-refractivity contribution in [2.75, 3.05) is 65.6 Å². The van der Waals surface area contributed by atoms with Gasteiger partial charge in [-0.2, -0.15) is 0 Å². The van der Waals surface area contributed by atoms with Crippen molar-refractivity contribution in [3.05, 3.63) is 0 Å². The number of likely N-dealkylation sites (tertiary alicyclic amines) is 1. The van der Waals surface area contributed by atoms with Crippen molar-refractivity contribution in [1.29, 1.82) is 0 Å². The van der Waals surface area contributed by atoms with Gasteiger partial charge in [-0.1, -0.05) is 0 Å². The molecule has 3 aliphatic rings. The number of nitrogens with zero attached hydrogens (tertiary/aromatic N) is 2. The number of morpholine rings is 1. The van der Waals surface area contributed by atoms with E-state index >= 15 is 0 Å². The van der Waals surface area contributed by atoms with E-state index in [0.717, 1.165) is 26.2 Å². The zero-order chi connectivity index (χ0) is 13.8. The zero-order valence-electron chi connectivity index (χ0n) is 12.1. The summed E-state index contributed by atoms with van der Waals surface area (Å²) < 4.78 is 11.6. The molecule has 6 nitrogen and oxygen atoms in total. The topological polar surface area (TPSA) is 54.0 Å². The highest BCUT2D eigenvalue weighted by atomic mass is 16.5. The number of hydrogen-bond acceptors (Lipinski definition) is 5. The Hall–Kier alpha value is -0.690. The monoisotopic (exact) mass is 283 g/mol. The van der Waals surface area contributed by atoms with E-state index in [1.54, 1.807) is 0 Å². The smallest absolute Gasteiger partial charge is 0.236 e. The van der Waals surface area contributed by atoms with Gasteiger partial charge in [0.15, 0.2) is 0 Å². The standard InChI is InChI=1S/C14H25N3O3/c18-13(9-16-4-1-2-5-16)17-6-8-20-14(11-17)10-15-3-7-19-12-14/h15H,1-12H2/t14-/m1/s1. The summed E-state index contributed by atoms with van der Waals surface area (Å²) in [6, 6.07) is 0. The molecule has 0 aromatic rings. The predicted molar refractivity (Wildman–Crippen MR) is 74.6 cm³/mol. The van der Waals surface area contributed by atoms with Gasteiger partial charge >= 0.3 is 0 Å². The zero-order valence-corrected chi connectivity index (χ0v) is 12.1. The van der Waals surface area contributed by atoms with Crippen LogP contribution < -0.4 is 5.32 Å². The molecule has 3 fully saturated rings. The maximum atomic E-state index is 12.4. The number of hydrogen-bond donors (Lipinski definition) is 1. The fraction of sp³-hybridized carbons (Fsp3) is 0.929. The van der Waals surface area contributed by atoms with Crippen LogP contribution in [0.15, 0.2) is 0 Å². The van der Waals surface area contributed by atoms with Gasteiger partial charge in [0.05, 0.1) is 32.9 Å². The van der Waals surface area contributed by atoms with Gasteiger partial charge in [0.2, 0.25) is 5.91 Å². The number of amides is 1.